The number of nitrogens with one attached hydrogen (secondary N) is 1. The van der Waals surface area contributed by atoms with Crippen molar-refractivity contribution in [3.63, 3.8) is 0 Å². The molecule has 1 saturated heterocycles. The summed E-state index contributed by atoms with van der Waals surface area (Å²) in [5.41, 5.74) is 1.13. The highest BCUT2D eigenvalue weighted by atomic mass is 35.5. The zero-order valence-corrected chi connectivity index (χ0v) is 14.6. The highest BCUT2D eigenvalue weighted by Gasteiger charge is 2.32. The van der Waals surface area contributed by atoms with E-state index in [-0.39, 0.29) is 30.0 Å². The third-order valence-corrected chi connectivity index (χ3v) is 4.11. The van der Waals surface area contributed by atoms with Crippen molar-refractivity contribution in [2.75, 3.05) is 26.2 Å². The van der Waals surface area contributed by atoms with Crippen molar-refractivity contribution in [1.29, 1.82) is 0 Å². The van der Waals surface area contributed by atoms with E-state index in [9.17, 15) is 8.78 Å². The number of alkyl halides is 2. The molecule has 0 aliphatic carbocycles. The number of pyridine rings is 1. The zero-order chi connectivity index (χ0) is 14.8. The Morgan fingerprint density at radius 2 is 1.78 bits per heavy atom. The fraction of sp³-hybridized carbons (Fsp3) is 0.400. The SMILES string of the molecule is Cl.Cl.FC(F)[C@H](c1cc2ccccc2nc1Cl)N1CCNCC1. The molecule has 8 heteroatoms. The van der Waals surface area contributed by atoms with Gasteiger partial charge in [0, 0.05) is 37.1 Å². The maximum atomic E-state index is 13.6. The van der Waals surface area contributed by atoms with Gasteiger partial charge >= 0.3 is 0 Å². The summed E-state index contributed by atoms with van der Waals surface area (Å²) in [4.78, 5) is 6.04. The predicted molar refractivity (Wildman–Crippen MR) is 94.4 cm³/mol. The van der Waals surface area contributed by atoms with Crippen LogP contribution >= 0.6 is 36.4 Å². The minimum Gasteiger partial charge on any atom is -0.314 e. The van der Waals surface area contributed by atoms with E-state index >= 15 is 0 Å². The van der Waals surface area contributed by atoms with Gasteiger partial charge in [0.05, 0.1) is 11.6 Å². The van der Waals surface area contributed by atoms with Gasteiger partial charge in [-0.15, -0.1) is 24.8 Å². The Kier molecular flexibility index (Phi) is 7.90. The Balaban J connectivity index is 0.00000132. The van der Waals surface area contributed by atoms with Crippen LogP contribution < -0.4 is 5.32 Å². The van der Waals surface area contributed by atoms with Crippen LogP contribution in [0.4, 0.5) is 8.78 Å². The lowest BCUT2D eigenvalue weighted by atomic mass is 10.0. The third-order valence-electron chi connectivity index (χ3n) is 3.81. The van der Waals surface area contributed by atoms with E-state index in [0.717, 1.165) is 10.9 Å². The number of halogens is 5. The average Bonchev–Trinajstić information content (AvgIpc) is 2.49. The summed E-state index contributed by atoms with van der Waals surface area (Å²) >= 11 is 6.17. The second kappa shape index (κ2) is 8.94. The van der Waals surface area contributed by atoms with Crippen molar-refractivity contribution in [2.24, 2.45) is 0 Å². The molecule has 1 aromatic carbocycles. The number of rotatable bonds is 3. The molecule has 0 amide bonds. The smallest absolute Gasteiger partial charge is 0.258 e. The molecular weight excluding hydrogens is 367 g/mol. The lowest BCUT2D eigenvalue weighted by molar-refractivity contribution is 0.0181. The highest BCUT2D eigenvalue weighted by Crippen LogP contribution is 2.33. The van der Waals surface area contributed by atoms with Crippen molar-refractivity contribution in [3.05, 3.63) is 41.0 Å². The summed E-state index contributed by atoms with van der Waals surface area (Å²) in [5.74, 6) is 0. The van der Waals surface area contributed by atoms with Gasteiger partial charge in [-0.1, -0.05) is 29.8 Å². The average molecular weight is 385 g/mol. The van der Waals surface area contributed by atoms with Crippen molar-refractivity contribution >= 4 is 47.3 Å². The molecule has 3 rings (SSSR count). The first-order valence-electron chi connectivity index (χ1n) is 6.95. The number of nitrogens with zero attached hydrogens (tertiary/aromatic N) is 2. The number of benzene rings is 1. The second-order valence-electron chi connectivity index (χ2n) is 5.13. The number of hydrogen-bond acceptors (Lipinski definition) is 3. The van der Waals surface area contributed by atoms with E-state index in [4.69, 9.17) is 11.6 Å². The van der Waals surface area contributed by atoms with E-state index in [1.54, 1.807) is 11.0 Å². The molecule has 0 spiro atoms. The number of aromatic nitrogens is 1. The number of piperazine rings is 1. The molecule has 0 bridgehead atoms. The van der Waals surface area contributed by atoms with Crippen LogP contribution in [0.2, 0.25) is 5.15 Å². The van der Waals surface area contributed by atoms with Crippen LogP contribution in [-0.4, -0.2) is 42.5 Å². The topological polar surface area (TPSA) is 28.2 Å². The van der Waals surface area contributed by atoms with Crippen molar-refractivity contribution < 1.29 is 8.78 Å². The normalized spacial score (nSPS) is 16.7. The molecule has 23 heavy (non-hydrogen) atoms. The lowest BCUT2D eigenvalue weighted by Gasteiger charge is -2.34. The number of fused-ring (bicyclic) bond motifs is 1. The molecule has 1 atom stereocenters. The largest absolute Gasteiger partial charge is 0.314 e. The lowest BCUT2D eigenvalue weighted by Crippen LogP contribution is -2.47. The Morgan fingerprint density at radius 3 is 2.43 bits per heavy atom. The van der Waals surface area contributed by atoms with Gasteiger partial charge in [0.15, 0.2) is 0 Å². The van der Waals surface area contributed by atoms with Gasteiger partial charge in [-0.25, -0.2) is 13.8 Å². The predicted octanol–water partition coefficient (Wildman–Crippen LogP) is 3.94. The quantitative estimate of drug-likeness (QED) is 0.812. The highest BCUT2D eigenvalue weighted by molar-refractivity contribution is 6.30. The van der Waals surface area contributed by atoms with Crippen LogP contribution in [0.5, 0.6) is 0 Å². The maximum absolute atomic E-state index is 13.6. The summed E-state index contributed by atoms with van der Waals surface area (Å²) in [6, 6.07) is 8.15. The van der Waals surface area contributed by atoms with Crippen LogP contribution in [-0.2, 0) is 0 Å². The Bertz CT molecular complexity index is 636. The van der Waals surface area contributed by atoms with Crippen LogP contribution in [0.1, 0.15) is 11.6 Å². The fourth-order valence-corrected chi connectivity index (χ4v) is 3.03. The molecule has 128 valence electrons. The summed E-state index contributed by atoms with van der Waals surface area (Å²) in [7, 11) is 0. The second-order valence-corrected chi connectivity index (χ2v) is 5.48. The van der Waals surface area contributed by atoms with Crippen molar-refractivity contribution in [3.8, 4) is 0 Å². The fourth-order valence-electron chi connectivity index (χ4n) is 2.77. The van der Waals surface area contributed by atoms with E-state index in [1.807, 2.05) is 24.3 Å². The molecule has 1 aliphatic rings. The third kappa shape index (κ3) is 4.43. The number of hydrogen-bond donors (Lipinski definition) is 1. The molecule has 2 aromatic rings. The summed E-state index contributed by atoms with van der Waals surface area (Å²) in [6.45, 7) is 2.58. The van der Waals surface area contributed by atoms with Crippen LogP contribution in [0, 0.1) is 0 Å². The summed E-state index contributed by atoms with van der Waals surface area (Å²) < 4.78 is 27.2. The molecular formula is C15H18Cl3F2N3. The van der Waals surface area contributed by atoms with Crippen LogP contribution in [0.25, 0.3) is 10.9 Å². The Morgan fingerprint density at radius 1 is 1.13 bits per heavy atom. The van der Waals surface area contributed by atoms with Gasteiger partial charge in [-0.2, -0.15) is 0 Å². The van der Waals surface area contributed by atoms with Gasteiger partial charge in [0.25, 0.3) is 6.43 Å². The molecule has 0 radical (unpaired) electrons. The van der Waals surface area contributed by atoms with E-state index in [2.05, 4.69) is 10.3 Å². The first-order chi connectivity index (χ1) is 10.2. The molecule has 1 fully saturated rings. The first kappa shape index (κ1) is 20.3. The van der Waals surface area contributed by atoms with Crippen molar-refractivity contribution in [2.45, 2.75) is 12.5 Å². The standard InChI is InChI=1S/C15H16ClF2N3.2ClH/c16-14-11(9-10-3-1-2-4-12(10)20-14)13(15(17)18)21-7-5-19-6-8-21;;/h1-4,9,13,15,19H,5-8H2;2*1H/t13-;;/m0../s1. The Labute approximate surface area is 151 Å². The molecule has 1 aliphatic heterocycles. The molecule has 0 saturated carbocycles. The minimum absolute atomic E-state index is 0. The number of para-hydroxylation sites is 1. The molecule has 3 nitrogen and oxygen atoms in total. The zero-order valence-electron chi connectivity index (χ0n) is 12.2. The van der Waals surface area contributed by atoms with E-state index < -0.39 is 12.5 Å². The van der Waals surface area contributed by atoms with E-state index in [1.165, 1.54) is 0 Å². The van der Waals surface area contributed by atoms with Crippen LogP contribution in [0.3, 0.4) is 0 Å². The molecule has 1 aromatic heterocycles. The van der Waals surface area contributed by atoms with Gasteiger partial charge in [-0.3, -0.25) is 4.90 Å². The monoisotopic (exact) mass is 383 g/mol. The Hall–Kier alpha value is -0.720. The van der Waals surface area contributed by atoms with Crippen molar-refractivity contribution in [1.82, 2.24) is 15.2 Å². The van der Waals surface area contributed by atoms with Crippen LogP contribution in [0.15, 0.2) is 30.3 Å². The summed E-state index contributed by atoms with van der Waals surface area (Å²) in [6.07, 6.45) is -2.50. The molecule has 0 unspecified atom stereocenters. The first-order valence-corrected chi connectivity index (χ1v) is 7.33. The van der Waals surface area contributed by atoms with Gasteiger partial charge in [0.2, 0.25) is 0 Å². The van der Waals surface area contributed by atoms with Gasteiger partial charge < -0.3 is 5.32 Å². The maximum Gasteiger partial charge on any atom is 0.258 e. The molecule has 2 heterocycles. The van der Waals surface area contributed by atoms with E-state index in [0.29, 0.717) is 31.7 Å². The van der Waals surface area contributed by atoms with Gasteiger partial charge in [0.1, 0.15) is 5.15 Å². The molecule has 1 N–H and O–H groups in total. The van der Waals surface area contributed by atoms with Gasteiger partial charge in [-0.05, 0) is 12.1 Å². The minimum atomic E-state index is -2.50. The summed E-state index contributed by atoms with van der Waals surface area (Å²) in [5, 5.41) is 4.16.